The van der Waals surface area contributed by atoms with Gasteiger partial charge in [0.1, 0.15) is 0 Å². The van der Waals surface area contributed by atoms with Crippen molar-refractivity contribution < 1.29 is 62.3 Å². The Kier molecular flexibility index (Phi) is 12.1. The van der Waals surface area contributed by atoms with E-state index in [-0.39, 0.29) is 44.8 Å². The van der Waals surface area contributed by atoms with Crippen molar-refractivity contribution in [2.75, 3.05) is 19.5 Å². The van der Waals surface area contributed by atoms with Gasteiger partial charge in [-0.05, 0) is 54.6 Å². The molecule has 3 rings (SSSR count). The molecule has 0 saturated heterocycles. The lowest BCUT2D eigenvalue weighted by atomic mass is 10.1. The quantitative estimate of drug-likeness (QED) is 0.197. The van der Waals surface area contributed by atoms with Crippen LogP contribution in [0.2, 0.25) is 5.02 Å². The Morgan fingerprint density at radius 3 is 1.61 bits per heavy atom. The lowest BCUT2D eigenvalue weighted by molar-refractivity contribution is -0.157. The summed E-state index contributed by atoms with van der Waals surface area (Å²) in [5.74, 6) is -7.08. The Morgan fingerprint density at radius 2 is 1.20 bits per heavy atom. The molecule has 0 unspecified atom stereocenters. The highest BCUT2D eigenvalue weighted by Gasteiger charge is 2.41. The first kappa shape index (κ1) is 35.3. The summed E-state index contributed by atoms with van der Waals surface area (Å²) in [7, 11) is 2.47. The van der Waals surface area contributed by atoms with Crippen LogP contribution < -0.4 is 24.3 Å². The fourth-order valence-electron chi connectivity index (χ4n) is 3.72. The van der Waals surface area contributed by atoms with Crippen molar-refractivity contribution in [1.29, 1.82) is 0 Å². The summed E-state index contributed by atoms with van der Waals surface area (Å²) < 4.78 is 31.3. The maximum atomic E-state index is 13.5. The molecule has 0 radical (unpaired) electrons. The Bertz CT molecular complexity index is 1690. The molecule has 0 aliphatic rings. The zero-order valence-corrected chi connectivity index (χ0v) is 26.8. The van der Waals surface area contributed by atoms with E-state index in [0.717, 1.165) is 32.0 Å². The molecule has 0 aliphatic carbocycles. The average Bonchev–Trinajstić information content (AvgIpc) is 2.99. The molecule has 3 aromatic rings. The highest BCUT2D eigenvalue weighted by Crippen LogP contribution is 2.31. The van der Waals surface area contributed by atoms with Gasteiger partial charge in [-0.25, -0.2) is 14.4 Å². The molecule has 0 aliphatic heterocycles. The monoisotopic (exact) mass is 721 g/mol. The number of carbonyl (C=O) groups is 6. The molecule has 0 fully saturated rings. The number of ether oxygens (including phenoxy) is 6. The van der Waals surface area contributed by atoms with E-state index < -0.39 is 48.0 Å². The molecular weight excluding hydrogens is 698 g/mol. The number of carboxylic acids is 1. The number of methoxy groups -OCH3 is 2. The molecule has 3 aromatic carbocycles. The first-order valence-corrected chi connectivity index (χ1v) is 14.0. The number of amides is 1. The Hall–Kier alpha value is -5.15. The fourth-order valence-corrected chi connectivity index (χ4v) is 4.44. The Morgan fingerprint density at radius 1 is 0.717 bits per heavy atom. The number of carboxylic acid groups (broad SMARTS) is 1. The van der Waals surface area contributed by atoms with Crippen LogP contribution >= 0.6 is 27.5 Å². The van der Waals surface area contributed by atoms with Gasteiger partial charge in [0.15, 0.2) is 23.0 Å². The molecule has 16 heteroatoms. The highest BCUT2D eigenvalue weighted by atomic mass is 79.9. The predicted molar refractivity (Wildman–Crippen MR) is 162 cm³/mol. The van der Waals surface area contributed by atoms with Crippen LogP contribution in [0.5, 0.6) is 23.0 Å². The number of benzene rings is 3. The molecule has 46 heavy (non-hydrogen) atoms. The SMILES string of the molecule is COc1cc(C(=O)O[C@H](C(=O)Nc2ccc(Br)cc2Cl)[C@@H](OC(=O)c2ccc(OC(C)=O)c(OC)c2)C(=O)O)ccc1OC(C)=O. The summed E-state index contributed by atoms with van der Waals surface area (Å²) in [5, 5.41) is 12.5. The van der Waals surface area contributed by atoms with Gasteiger partial charge in [0.05, 0.1) is 36.1 Å². The van der Waals surface area contributed by atoms with Gasteiger partial charge in [0, 0.05) is 18.3 Å². The molecular formula is C30H25BrClNO13. The van der Waals surface area contributed by atoms with Gasteiger partial charge in [0.25, 0.3) is 5.91 Å². The van der Waals surface area contributed by atoms with Crippen molar-refractivity contribution in [3.05, 3.63) is 75.2 Å². The van der Waals surface area contributed by atoms with Crippen molar-refractivity contribution in [1.82, 2.24) is 0 Å². The number of hydrogen-bond donors (Lipinski definition) is 2. The molecule has 2 atom stereocenters. The standard InChI is InChI=1S/C30H25BrClNO13/c1-14(34)43-21-9-5-16(11-23(21)41-3)29(39)45-25(27(36)33-20-8-7-18(31)13-19(20)32)26(28(37)38)46-30(40)17-6-10-22(44-15(2)35)24(12-17)42-4/h5-13,25-26H,1-4H3,(H,33,36)(H,37,38)/t25-,26+/m0/s1. The van der Waals surface area contributed by atoms with Gasteiger partial charge < -0.3 is 38.8 Å². The number of hydrogen-bond acceptors (Lipinski definition) is 12. The van der Waals surface area contributed by atoms with Crippen molar-refractivity contribution in [2.24, 2.45) is 0 Å². The molecule has 14 nitrogen and oxygen atoms in total. The topological polar surface area (TPSA) is 190 Å². The molecule has 2 N–H and O–H groups in total. The van der Waals surface area contributed by atoms with Gasteiger partial charge in [-0.2, -0.15) is 0 Å². The molecule has 0 spiro atoms. The van der Waals surface area contributed by atoms with E-state index in [1.807, 2.05) is 0 Å². The van der Waals surface area contributed by atoms with Gasteiger partial charge >= 0.3 is 29.8 Å². The van der Waals surface area contributed by atoms with E-state index in [1.54, 1.807) is 0 Å². The van der Waals surface area contributed by atoms with Crippen LogP contribution in [0.1, 0.15) is 34.6 Å². The van der Waals surface area contributed by atoms with Crippen molar-refractivity contribution in [3.63, 3.8) is 0 Å². The second-order valence-electron chi connectivity index (χ2n) is 9.02. The van der Waals surface area contributed by atoms with Crippen LogP contribution in [0.3, 0.4) is 0 Å². The smallest absolute Gasteiger partial charge is 0.349 e. The van der Waals surface area contributed by atoms with E-state index >= 15 is 0 Å². The number of rotatable bonds is 12. The zero-order valence-electron chi connectivity index (χ0n) is 24.5. The third kappa shape index (κ3) is 9.18. The molecule has 0 heterocycles. The summed E-state index contributed by atoms with van der Waals surface area (Å²) >= 11 is 9.42. The molecule has 0 bridgehead atoms. The molecule has 0 aromatic heterocycles. The third-order valence-corrected chi connectivity index (χ3v) is 6.55. The first-order chi connectivity index (χ1) is 21.7. The number of carbonyl (C=O) groups excluding carboxylic acids is 5. The van der Waals surface area contributed by atoms with Crippen LogP contribution in [0.4, 0.5) is 5.69 Å². The van der Waals surface area contributed by atoms with Crippen LogP contribution in [0.15, 0.2) is 59.1 Å². The lowest BCUT2D eigenvalue weighted by Gasteiger charge is -2.24. The summed E-state index contributed by atoms with van der Waals surface area (Å²) in [5.41, 5.74) is -0.482. The number of nitrogens with one attached hydrogen (secondary N) is 1. The number of aliphatic carboxylic acids is 1. The van der Waals surface area contributed by atoms with E-state index in [9.17, 15) is 33.9 Å². The number of anilines is 1. The third-order valence-electron chi connectivity index (χ3n) is 5.74. The van der Waals surface area contributed by atoms with Crippen molar-refractivity contribution >= 4 is 69.0 Å². The van der Waals surface area contributed by atoms with E-state index in [2.05, 4.69) is 21.2 Å². The minimum absolute atomic E-state index is 0.0181. The minimum Gasteiger partial charge on any atom is -0.493 e. The van der Waals surface area contributed by atoms with Gasteiger partial charge in [-0.15, -0.1) is 0 Å². The summed E-state index contributed by atoms with van der Waals surface area (Å²) in [6.07, 6.45) is -4.68. The van der Waals surface area contributed by atoms with Crippen LogP contribution in [-0.4, -0.2) is 67.3 Å². The number of halogens is 2. The summed E-state index contributed by atoms with van der Waals surface area (Å²) in [6, 6.07) is 11.3. The minimum atomic E-state index is -2.40. The van der Waals surface area contributed by atoms with Crippen LogP contribution in [-0.2, 0) is 28.7 Å². The van der Waals surface area contributed by atoms with Crippen LogP contribution in [0.25, 0.3) is 0 Å². The zero-order chi connectivity index (χ0) is 34.1. The second kappa shape index (κ2) is 15.7. The van der Waals surface area contributed by atoms with E-state index in [4.69, 9.17) is 40.0 Å². The van der Waals surface area contributed by atoms with Crippen molar-refractivity contribution in [3.8, 4) is 23.0 Å². The average molecular weight is 723 g/mol. The Balaban J connectivity index is 1.99. The van der Waals surface area contributed by atoms with Gasteiger partial charge in [0.2, 0.25) is 12.2 Å². The highest BCUT2D eigenvalue weighted by molar-refractivity contribution is 9.10. The lowest BCUT2D eigenvalue weighted by Crippen LogP contribution is -2.48. The predicted octanol–water partition coefficient (Wildman–Crippen LogP) is 4.44. The van der Waals surface area contributed by atoms with Crippen LogP contribution in [0, 0.1) is 0 Å². The van der Waals surface area contributed by atoms with E-state index in [1.165, 1.54) is 50.6 Å². The van der Waals surface area contributed by atoms with E-state index in [0.29, 0.717) is 4.47 Å². The van der Waals surface area contributed by atoms with Crippen molar-refractivity contribution in [2.45, 2.75) is 26.1 Å². The maximum absolute atomic E-state index is 13.5. The normalized spacial score (nSPS) is 11.7. The summed E-state index contributed by atoms with van der Waals surface area (Å²) in [6.45, 7) is 2.30. The first-order valence-electron chi connectivity index (χ1n) is 12.9. The maximum Gasteiger partial charge on any atom is 0.349 e. The summed E-state index contributed by atoms with van der Waals surface area (Å²) in [4.78, 5) is 74.9. The van der Waals surface area contributed by atoms with Gasteiger partial charge in [-0.1, -0.05) is 27.5 Å². The Labute approximate surface area is 274 Å². The largest absolute Gasteiger partial charge is 0.493 e. The van der Waals surface area contributed by atoms with Gasteiger partial charge in [-0.3, -0.25) is 14.4 Å². The second-order valence-corrected chi connectivity index (χ2v) is 10.3. The number of esters is 4. The fraction of sp³-hybridized carbons (Fsp3) is 0.200. The molecule has 0 saturated carbocycles. The molecule has 242 valence electrons. The molecule has 1 amide bonds.